The highest BCUT2D eigenvalue weighted by atomic mass is 16.5. The molecule has 0 N–H and O–H groups in total. The molecule has 0 aliphatic carbocycles. The fourth-order valence-corrected chi connectivity index (χ4v) is 2.73. The summed E-state index contributed by atoms with van der Waals surface area (Å²) in [6.07, 6.45) is 0.706. The van der Waals surface area contributed by atoms with Gasteiger partial charge in [0.1, 0.15) is 18.3 Å². The topological polar surface area (TPSA) is 63.7 Å². The Morgan fingerprint density at radius 1 is 1.42 bits per heavy atom. The van der Waals surface area contributed by atoms with Crippen LogP contribution < -0.4 is 4.90 Å². The molecule has 1 spiro atoms. The summed E-state index contributed by atoms with van der Waals surface area (Å²) in [5, 5.41) is 0. The first kappa shape index (κ1) is 11.6. The van der Waals surface area contributed by atoms with Crippen LogP contribution >= 0.6 is 0 Å². The van der Waals surface area contributed by atoms with Crippen LogP contribution in [0, 0.1) is 0 Å². The second-order valence-corrected chi connectivity index (χ2v) is 4.72. The lowest BCUT2D eigenvalue weighted by atomic mass is 9.77. The Morgan fingerprint density at radius 2 is 2.16 bits per heavy atom. The van der Waals surface area contributed by atoms with E-state index in [-0.39, 0.29) is 18.1 Å². The van der Waals surface area contributed by atoms with E-state index >= 15 is 0 Å². The molecule has 1 aromatic carbocycles. The molecule has 2 heterocycles. The van der Waals surface area contributed by atoms with Crippen molar-refractivity contribution in [2.75, 3.05) is 18.6 Å². The Morgan fingerprint density at radius 3 is 2.74 bits per heavy atom. The Kier molecular flexibility index (Phi) is 2.17. The quantitative estimate of drug-likeness (QED) is 0.424. The van der Waals surface area contributed by atoms with E-state index in [0.717, 1.165) is 0 Å². The zero-order chi connectivity index (χ0) is 13.8. The van der Waals surface area contributed by atoms with Gasteiger partial charge in [-0.05, 0) is 18.2 Å². The van der Waals surface area contributed by atoms with Gasteiger partial charge in [-0.15, -0.1) is 0 Å². The first-order valence-corrected chi connectivity index (χ1v) is 5.76. The molecule has 96 valence electrons. The first-order valence-electron chi connectivity index (χ1n) is 5.76. The van der Waals surface area contributed by atoms with Crippen molar-refractivity contribution in [3.05, 3.63) is 41.5 Å². The number of fused-ring (bicyclic) bond motifs is 2. The van der Waals surface area contributed by atoms with E-state index in [1.165, 1.54) is 4.90 Å². The molecule has 0 aromatic heterocycles. The molecule has 0 radical (unpaired) electrons. The number of aldehydes is 1. The summed E-state index contributed by atoms with van der Waals surface area (Å²) >= 11 is 0. The Bertz CT molecular complexity index is 649. The Balaban J connectivity index is 2.30. The molecular formula is C14H11NO4. The van der Waals surface area contributed by atoms with Crippen LogP contribution in [0.1, 0.15) is 15.9 Å². The number of hydrogen-bond acceptors (Lipinski definition) is 4. The van der Waals surface area contributed by atoms with Gasteiger partial charge >= 0.3 is 5.97 Å². The van der Waals surface area contributed by atoms with Crippen molar-refractivity contribution in [1.29, 1.82) is 0 Å². The van der Waals surface area contributed by atoms with Crippen LogP contribution in [-0.2, 0) is 19.7 Å². The van der Waals surface area contributed by atoms with Crippen LogP contribution in [0.5, 0.6) is 0 Å². The maximum absolute atomic E-state index is 12.5. The molecule has 5 nitrogen and oxygen atoms in total. The number of hydrogen-bond donors (Lipinski definition) is 0. The third-order valence-corrected chi connectivity index (χ3v) is 3.83. The Hall–Kier alpha value is -2.43. The zero-order valence-corrected chi connectivity index (χ0v) is 10.3. The SMILES string of the molecule is C=C1C(=O)OC[C@@]12C(=O)N(C)c1ccc(C=O)cc12. The van der Waals surface area contributed by atoms with Gasteiger partial charge in [-0.2, -0.15) is 0 Å². The highest BCUT2D eigenvalue weighted by molar-refractivity contribution is 6.16. The van der Waals surface area contributed by atoms with Crippen molar-refractivity contribution in [1.82, 2.24) is 0 Å². The average Bonchev–Trinajstić information content (AvgIpc) is 2.84. The molecule has 0 bridgehead atoms. The van der Waals surface area contributed by atoms with Crippen LogP contribution in [0.4, 0.5) is 5.69 Å². The number of cyclic esters (lactones) is 1. The van der Waals surface area contributed by atoms with Gasteiger partial charge in [-0.3, -0.25) is 9.59 Å². The number of likely N-dealkylation sites (N-methyl/N-ethyl adjacent to an activating group) is 1. The van der Waals surface area contributed by atoms with E-state index in [1.54, 1.807) is 25.2 Å². The number of nitrogens with zero attached hydrogens (tertiary/aromatic N) is 1. The van der Waals surface area contributed by atoms with Crippen molar-refractivity contribution in [2.45, 2.75) is 5.41 Å². The number of anilines is 1. The molecule has 0 unspecified atom stereocenters. The zero-order valence-electron chi connectivity index (χ0n) is 10.3. The minimum atomic E-state index is -1.17. The molecule has 5 heteroatoms. The van der Waals surface area contributed by atoms with Crippen molar-refractivity contribution < 1.29 is 19.1 Å². The average molecular weight is 257 g/mol. The van der Waals surface area contributed by atoms with Crippen LogP contribution in [0.2, 0.25) is 0 Å². The molecule has 0 saturated carbocycles. The maximum atomic E-state index is 12.5. The summed E-state index contributed by atoms with van der Waals surface area (Å²) in [5.74, 6) is -0.812. The van der Waals surface area contributed by atoms with Crippen molar-refractivity contribution in [3.63, 3.8) is 0 Å². The molecule has 1 saturated heterocycles. The highest BCUT2D eigenvalue weighted by Gasteiger charge is 2.58. The molecule has 2 aliphatic heterocycles. The van der Waals surface area contributed by atoms with Crippen LogP contribution in [0.3, 0.4) is 0 Å². The molecule has 1 aromatic rings. The third kappa shape index (κ3) is 1.22. The number of amides is 1. The van der Waals surface area contributed by atoms with E-state index in [0.29, 0.717) is 23.1 Å². The molecule has 1 atom stereocenters. The molecule has 2 aliphatic rings. The third-order valence-electron chi connectivity index (χ3n) is 3.83. The van der Waals surface area contributed by atoms with Gasteiger partial charge in [0.2, 0.25) is 5.91 Å². The van der Waals surface area contributed by atoms with Crippen molar-refractivity contribution >= 4 is 23.9 Å². The number of benzene rings is 1. The second kappa shape index (κ2) is 3.54. The summed E-state index contributed by atoms with van der Waals surface area (Å²) in [4.78, 5) is 36.4. The van der Waals surface area contributed by atoms with Gasteiger partial charge < -0.3 is 9.64 Å². The summed E-state index contributed by atoms with van der Waals surface area (Å²) < 4.78 is 4.98. The standard InChI is InChI=1S/C14H11NO4/c1-8-12(17)19-7-14(8)10-5-9(6-16)3-4-11(10)15(2)13(14)18/h3-6H,1,7H2,2H3/t14-/m1/s1. The summed E-state index contributed by atoms with van der Waals surface area (Å²) in [6.45, 7) is 3.65. The summed E-state index contributed by atoms with van der Waals surface area (Å²) in [5.41, 5.74) is 0.704. The fourth-order valence-electron chi connectivity index (χ4n) is 2.73. The number of ether oxygens (including phenoxy) is 1. The normalized spacial score (nSPS) is 24.9. The number of carbonyl (C=O) groups excluding carboxylic acids is 3. The van der Waals surface area contributed by atoms with Gasteiger partial charge in [0, 0.05) is 23.9 Å². The second-order valence-electron chi connectivity index (χ2n) is 4.72. The van der Waals surface area contributed by atoms with E-state index in [4.69, 9.17) is 4.74 Å². The lowest BCUT2D eigenvalue weighted by Gasteiger charge is -2.19. The molecule has 1 amide bonds. The lowest BCUT2D eigenvalue weighted by Crippen LogP contribution is -2.40. The minimum Gasteiger partial charge on any atom is -0.460 e. The fraction of sp³-hybridized carbons (Fsp3) is 0.214. The number of carbonyl (C=O) groups is 3. The first-order chi connectivity index (χ1) is 9.02. The van der Waals surface area contributed by atoms with E-state index in [9.17, 15) is 14.4 Å². The predicted molar refractivity (Wildman–Crippen MR) is 67.0 cm³/mol. The van der Waals surface area contributed by atoms with Gasteiger partial charge in [0.25, 0.3) is 0 Å². The van der Waals surface area contributed by atoms with Gasteiger partial charge in [-0.25, -0.2) is 4.79 Å². The van der Waals surface area contributed by atoms with Crippen LogP contribution in [-0.4, -0.2) is 31.8 Å². The molecule has 1 fully saturated rings. The Labute approximate surface area is 109 Å². The largest absolute Gasteiger partial charge is 0.460 e. The number of esters is 1. The van der Waals surface area contributed by atoms with Crippen molar-refractivity contribution in [2.24, 2.45) is 0 Å². The summed E-state index contributed by atoms with van der Waals surface area (Å²) in [6, 6.07) is 4.95. The van der Waals surface area contributed by atoms with Gasteiger partial charge in [-0.1, -0.05) is 6.58 Å². The van der Waals surface area contributed by atoms with Crippen LogP contribution in [0.25, 0.3) is 0 Å². The smallest absolute Gasteiger partial charge is 0.335 e. The van der Waals surface area contributed by atoms with E-state index in [2.05, 4.69) is 6.58 Å². The molecule has 19 heavy (non-hydrogen) atoms. The summed E-state index contributed by atoms with van der Waals surface area (Å²) in [7, 11) is 1.63. The lowest BCUT2D eigenvalue weighted by molar-refractivity contribution is -0.135. The van der Waals surface area contributed by atoms with Crippen molar-refractivity contribution in [3.8, 4) is 0 Å². The van der Waals surface area contributed by atoms with Gasteiger partial charge in [0.05, 0.1) is 5.57 Å². The number of rotatable bonds is 1. The molecule has 3 rings (SSSR count). The van der Waals surface area contributed by atoms with E-state index in [1.807, 2.05) is 0 Å². The monoisotopic (exact) mass is 257 g/mol. The molecular weight excluding hydrogens is 246 g/mol. The minimum absolute atomic E-state index is 0.0524. The predicted octanol–water partition coefficient (Wildman–Crippen LogP) is 0.826. The van der Waals surface area contributed by atoms with E-state index < -0.39 is 11.4 Å². The highest BCUT2D eigenvalue weighted by Crippen LogP contribution is 2.48. The van der Waals surface area contributed by atoms with Crippen LogP contribution in [0.15, 0.2) is 30.4 Å². The van der Waals surface area contributed by atoms with Gasteiger partial charge in [0.15, 0.2) is 0 Å². The maximum Gasteiger partial charge on any atom is 0.335 e.